The maximum Gasteiger partial charge on any atom is 0.251 e. The Kier molecular flexibility index (Phi) is 8.92. The molecule has 0 bridgehead atoms. The number of H-pyrrole nitrogens is 1. The van der Waals surface area contributed by atoms with E-state index in [1.165, 1.54) is 25.3 Å². The average Bonchev–Trinajstić information content (AvgIpc) is 3.10. The Hall–Kier alpha value is -6.36. The fourth-order valence-electron chi connectivity index (χ4n) is 6.71. The number of ether oxygens (including phenoxy) is 1. The minimum atomic E-state index is -0.510. The number of pyridine rings is 2. The van der Waals surface area contributed by atoms with E-state index in [2.05, 4.69) is 4.98 Å². The van der Waals surface area contributed by atoms with E-state index in [4.69, 9.17) is 4.74 Å². The molecule has 3 aliphatic carbocycles. The summed E-state index contributed by atoms with van der Waals surface area (Å²) in [6, 6.07) is 16.7. The summed E-state index contributed by atoms with van der Waals surface area (Å²) in [6.07, 6.45) is 2.76. The zero-order valence-electron chi connectivity index (χ0n) is 29.4. The molecule has 1 N–H and O–H groups in total. The number of carbonyl (C=O) groups is 6. The Morgan fingerprint density at radius 1 is 0.673 bits per heavy atom. The first-order chi connectivity index (χ1) is 24.5. The van der Waals surface area contributed by atoms with Crippen molar-refractivity contribution >= 4 is 40.5 Å². The van der Waals surface area contributed by atoms with Gasteiger partial charge in [-0.1, -0.05) is 48.5 Å². The van der Waals surface area contributed by atoms with Gasteiger partial charge in [-0.2, -0.15) is 0 Å². The van der Waals surface area contributed by atoms with Gasteiger partial charge in [0, 0.05) is 52.6 Å². The third-order valence-electron chi connectivity index (χ3n) is 9.44. The average molecular weight is 699 g/mol. The fourth-order valence-corrected chi connectivity index (χ4v) is 6.71. The van der Waals surface area contributed by atoms with E-state index in [1.54, 1.807) is 57.2 Å². The molecular weight excluding hydrogens is 664 g/mol. The number of fused-ring (bicyclic) bond motifs is 5. The highest BCUT2D eigenvalue weighted by molar-refractivity contribution is 6.52. The number of hydrogen-bond donors (Lipinski definition) is 1. The van der Waals surface area contributed by atoms with E-state index < -0.39 is 22.9 Å². The van der Waals surface area contributed by atoms with Crippen LogP contribution in [0.2, 0.25) is 0 Å². The van der Waals surface area contributed by atoms with Gasteiger partial charge in [0.25, 0.3) is 5.56 Å². The fraction of sp³-hybridized carbons (Fsp3) is 0.220. The van der Waals surface area contributed by atoms with Gasteiger partial charge in [0.2, 0.25) is 22.9 Å². The maximum atomic E-state index is 12.7. The number of rotatable bonds is 0. The summed E-state index contributed by atoms with van der Waals surface area (Å²) in [5, 5.41) is 0. The molecule has 0 saturated heterocycles. The van der Waals surface area contributed by atoms with E-state index >= 15 is 0 Å². The third kappa shape index (κ3) is 6.04. The van der Waals surface area contributed by atoms with Crippen LogP contribution < -0.4 is 11.1 Å². The van der Waals surface area contributed by atoms with E-state index in [9.17, 15) is 38.4 Å². The van der Waals surface area contributed by atoms with Gasteiger partial charge in [-0.25, -0.2) is 0 Å². The Balaban J connectivity index is 0.000000138. The standard InChI is InChI=1S/C15H12N2O4.C15H14O3.C11H8O2/c1-6-4-8(18)16-12-10(6)14(20)11-7(2)5-9(19)17(3)13(11)15(12)21;1-15(2)8-7-11-13(17)12(16)9-5-3-4-6-10(9)14(11)18-15;1-7-6-10(12)8-4-2-3-5-9(8)11(7)13/h4-5H,1-3H3,(H,16,18);3-6H,7-8H2,1-2H3;2-6H,1H3. The normalized spacial score (nSPS) is 16.5. The minimum Gasteiger partial charge on any atom is -0.487 e. The predicted molar refractivity (Wildman–Crippen MR) is 191 cm³/mol. The first kappa shape index (κ1) is 35.5. The summed E-state index contributed by atoms with van der Waals surface area (Å²) >= 11 is 0. The van der Waals surface area contributed by atoms with Crippen LogP contribution in [0.5, 0.6) is 0 Å². The second-order valence-corrected chi connectivity index (χ2v) is 13.6. The van der Waals surface area contributed by atoms with Gasteiger partial charge in [-0.3, -0.25) is 38.4 Å². The SMILES string of the molecule is CC1(C)CCC2=C(O1)c1ccccc1C(=O)C2=O.CC1=CC(=O)c2ccccc2C1=O.Cc1cc(=O)[nH]c2c1C(=O)c1c(C)cc(=O)n(C)c1C2=O. The van der Waals surface area contributed by atoms with Gasteiger partial charge in [0.1, 0.15) is 22.7 Å². The van der Waals surface area contributed by atoms with Crippen molar-refractivity contribution in [2.45, 2.75) is 53.1 Å². The summed E-state index contributed by atoms with van der Waals surface area (Å²) in [7, 11) is 1.44. The van der Waals surface area contributed by atoms with Crippen LogP contribution in [0.3, 0.4) is 0 Å². The molecule has 0 unspecified atom stereocenters. The van der Waals surface area contributed by atoms with Gasteiger partial charge in [0.15, 0.2) is 17.3 Å². The zero-order chi connectivity index (χ0) is 37.8. The maximum absolute atomic E-state index is 12.7. The highest BCUT2D eigenvalue weighted by Crippen LogP contribution is 2.41. The number of ketones is 6. The van der Waals surface area contributed by atoms with E-state index in [0.29, 0.717) is 51.1 Å². The second kappa shape index (κ2) is 13.1. The summed E-state index contributed by atoms with van der Waals surface area (Å²) in [6.45, 7) is 8.90. The molecule has 2 aromatic carbocycles. The highest BCUT2D eigenvalue weighted by atomic mass is 16.5. The van der Waals surface area contributed by atoms with E-state index in [-0.39, 0.29) is 51.0 Å². The van der Waals surface area contributed by atoms with Crippen LogP contribution in [-0.4, -0.2) is 49.9 Å². The largest absolute Gasteiger partial charge is 0.487 e. The smallest absolute Gasteiger partial charge is 0.251 e. The molecule has 11 heteroatoms. The van der Waals surface area contributed by atoms with E-state index in [1.807, 2.05) is 26.0 Å². The monoisotopic (exact) mass is 698 g/mol. The first-order valence-electron chi connectivity index (χ1n) is 16.5. The van der Waals surface area contributed by atoms with Crippen LogP contribution in [0.25, 0.3) is 5.76 Å². The van der Waals surface area contributed by atoms with Crippen LogP contribution in [0.15, 0.2) is 87.5 Å². The van der Waals surface area contributed by atoms with Crippen LogP contribution in [0.1, 0.15) is 113 Å². The Bertz CT molecular complexity index is 2510. The first-order valence-corrected chi connectivity index (χ1v) is 16.5. The van der Waals surface area contributed by atoms with Crippen molar-refractivity contribution in [1.29, 1.82) is 0 Å². The molecule has 0 spiro atoms. The second-order valence-electron chi connectivity index (χ2n) is 13.6. The molecule has 3 heterocycles. The molecule has 11 nitrogen and oxygen atoms in total. The molecule has 262 valence electrons. The summed E-state index contributed by atoms with van der Waals surface area (Å²) in [5.74, 6) is -1.19. The predicted octanol–water partition coefficient (Wildman–Crippen LogP) is 5.23. The Morgan fingerprint density at radius 3 is 1.90 bits per heavy atom. The molecule has 0 saturated carbocycles. The van der Waals surface area contributed by atoms with Gasteiger partial charge >= 0.3 is 0 Å². The number of allylic oxidation sites excluding steroid dienone is 3. The number of hydrogen-bond acceptors (Lipinski definition) is 9. The lowest BCUT2D eigenvalue weighted by Gasteiger charge is -2.36. The van der Waals surface area contributed by atoms with Crippen LogP contribution in [0, 0.1) is 13.8 Å². The molecule has 1 aliphatic heterocycles. The summed E-state index contributed by atoms with van der Waals surface area (Å²) < 4.78 is 7.07. The number of aromatic amines is 1. The number of aryl methyl sites for hydroxylation is 2. The molecule has 8 rings (SSSR count). The number of aromatic nitrogens is 2. The molecular formula is C41H34N2O9. The Morgan fingerprint density at radius 2 is 1.25 bits per heavy atom. The lowest BCUT2D eigenvalue weighted by atomic mass is 9.82. The molecule has 2 aromatic heterocycles. The van der Waals surface area contributed by atoms with Crippen molar-refractivity contribution in [2.75, 3.05) is 0 Å². The lowest BCUT2D eigenvalue weighted by Crippen LogP contribution is -2.34. The molecule has 0 radical (unpaired) electrons. The highest BCUT2D eigenvalue weighted by Gasteiger charge is 2.40. The van der Waals surface area contributed by atoms with Crippen LogP contribution in [-0.2, 0) is 16.6 Å². The molecule has 0 fully saturated rings. The Labute approximate surface area is 297 Å². The van der Waals surface area contributed by atoms with Crippen molar-refractivity contribution in [3.63, 3.8) is 0 Å². The van der Waals surface area contributed by atoms with Crippen molar-refractivity contribution in [3.8, 4) is 0 Å². The summed E-state index contributed by atoms with van der Waals surface area (Å²) in [4.78, 5) is 98.1. The quantitative estimate of drug-likeness (QED) is 0.213. The van der Waals surface area contributed by atoms with Crippen molar-refractivity contribution < 1.29 is 33.5 Å². The molecule has 4 aliphatic rings. The third-order valence-corrected chi connectivity index (χ3v) is 9.44. The number of benzene rings is 2. The van der Waals surface area contributed by atoms with Gasteiger partial charge in [-0.15, -0.1) is 0 Å². The number of Topliss-reactive ketones (excluding diaryl/α,β-unsaturated/α-hetero) is 3. The van der Waals surface area contributed by atoms with E-state index in [0.717, 1.165) is 16.6 Å². The van der Waals surface area contributed by atoms with Gasteiger partial charge in [0.05, 0.1) is 11.1 Å². The number of nitrogens with one attached hydrogen (secondary N) is 1. The molecule has 0 atom stereocenters. The molecule has 52 heavy (non-hydrogen) atoms. The number of carbonyl (C=O) groups excluding carboxylic acids is 6. The van der Waals surface area contributed by atoms with Gasteiger partial charge in [-0.05, 0) is 64.7 Å². The van der Waals surface area contributed by atoms with Crippen LogP contribution >= 0.6 is 0 Å². The number of nitrogens with zero attached hydrogens (tertiary/aromatic N) is 1. The van der Waals surface area contributed by atoms with Crippen molar-refractivity contribution in [2.24, 2.45) is 7.05 Å². The lowest BCUT2D eigenvalue weighted by molar-refractivity contribution is -0.112. The topological polar surface area (TPSA) is 167 Å². The zero-order valence-corrected chi connectivity index (χ0v) is 29.4. The van der Waals surface area contributed by atoms with Crippen LogP contribution in [0.4, 0.5) is 0 Å². The van der Waals surface area contributed by atoms with Crippen molar-refractivity contribution in [3.05, 3.63) is 154 Å². The molecule has 4 aromatic rings. The molecule has 0 amide bonds. The summed E-state index contributed by atoms with van der Waals surface area (Å²) in [5.41, 5.74) is 3.52. The van der Waals surface area contributed by atoms with Gasteiger partial charge < -0.3 is 14.3 Å². The van der Waals surface area contributed by atoms with Crippen molar-refractivity contribution in [1.82, 2.24) is 9.55 Å². The minimum absolute atomic E-state index is 0.0266.